The van der Waals surface area contributed by atoms with Crippen LogP contribution in [0.5, 0.6) is 0 Å². The van der Waals surface area contributed by atoms with Gasteiger partial charge in [0.1, 0.15) is 6.04 Å². The molecule has 3 N–H and O–H groups in total. The van der Waals surface area contributed by atoms with E-state index in [4.69, 9.17) is 4.42 Å². The van der Waals surface area contributed by atoms with E-state index in [1.807, 2.05) is 18.4 Å². The summed E-state index contributed by atoms with van der Waals surface area (Å²) in [4.78, 5) is 39.3. The van der Waals surface area contributed by atoms with Gasteiger partial charge in [-0.1, -0.05) is 0 Å². The zero-order valence-electron chi connectivity index (χ0n) is 17.4. The van der Waals surface area contributed by atoms with Crippen molar-refractivity contribution in [2.24, 2.45) is 0 Å². The SMILES string of the molecule is CCN(CC)c1ccc(C(=O)NNC(=O)C(CCSC)NC(=O)c2ccco2)cc1. The zero-order valence-corrected chi connectivity index (χ0v) is 18.3. The van der Waals surface area contributed by atoms with Crippen LogP contribution in [-0.4, -0.2) is 48.9 Å². The van der Waals surface area contributed by atoms with Gasteiger partial charge in [-0.25, -0.2) is 0 Å². The Morgan fingerprint density at radius 2 is 1.73 bits per heavy atom. The molecule has 0 aliphatic rings. The van der Waals surface area contributed by atoms with Gasteiger partial charge in [0.25, 0.3) is 17.7 Å². The van der Waals surface area contributed by atoms with Crippen LogP contribution in [0.4, 0.5) is 5.69 Å². The Morgan fingerprint density at radius 3 is 2.30 bits per heavy atom. The number of carbonyl (C=O) groups excluding carboxylic acids is 3. The quantitative estimate of drug-likeness (QED) is 0.498. The fourth-order valence-corrected chi connectivity index (χ4v) is 3.30. The van der Waals surface area contributed by atoms with Crippen LogP contribution in [0.3, 0.4) is 0 Å². The molecule has 0 aliphatic carbocycles. The monoisotopic (exact) mass is 432 g/mol. The first-order valence-electron chi connectivity index (χ1n) is 9.78. The summed E-state index contributed by atoms with van der Waals surface area (Å²) in [5.74, 6) is -0.640. The highest BCUT2D eigenvalue weighted by Gasteiger charge is 2.22. The van der Waals surface area contributed by atoms with E-state index >= 15 is 0 Å². The molecule has 1 unspecified atom stereocenters. The van der Waals surface area contributed by atoms with Gasteiger partial charge < -0.3 is 14.6 Å². The van der Waals surface area contributed by atoms with E-state index < -0.39 is 23.8 Å². The second kappa shape index (κ2) is 11.9. The Balaban J connectivity index is 1.94. The average molecular weight is 433 g/mol. The van der Waals surface area contributed by atoms with Crippen molar-refractivity contribution in [1.82, 2.24) is 16.2 Å². The van der Waals surface area contributed by atoms with Crippen molar-refractivity contribution in [3.8, 4) is 0 Å². The molecule has 2 aromatic rings. The number of carbonyl (C=O) groups is 3. The van der Waals surface area contributed by atoms with Crippen LogP contribution < -0.4 is 21.1 Å². The second-order valence-corrected chi connectivity index (χ2v) is 7.43. The third-order valence-electron chi connectivity index (χ3n) is 4.53. The molecule has 162 valence electrons. The first-order valence-corrected chi connectivity index (χ1v) is 11.2. The summed E-state index contributed by atoms with van der Waals surface area (Å²) in [6.07, 6.45) is 3.71. The van der Waals surface area contributed by atoms with E-state index in [0.717, 1.165) is 18.8 Å². The molecule has 9 heteroatoms. The molecule has 8 nitrogen and oxygen atoms in total. The summed E-state index contributed by atoms with van der Waals surface area (Å²) in [5.41, 5.74) is 6.25. The smallest absolute Gasteiger partial charge is 0.287 e. The van der Waals surface area contributed by atoms with Crippen molar-refractivity contribution in [3.63, 3.8) is 0 Å². The number of hydrogen-bond acceptors (Lipinski definition) is 6. The van der Waals surface area contributed by atoms with E-state index in [2.05, 4.69) is 34.9 Å². The van der Waals surface area contributed by atoms with Crippen molar-refractivity contribution in [2.75, 3.05) is 30.0 Å². The Morgan fingerprint density at radius 1 is 1.03 bits per heavy atom. The minimum absolute atomic E-state index is 0.120. The van der Waals surface area contributed by atoms with Crippen LogP contribution in [0.15, 0.2) is 47.1 Å². The average Bonchev–Trinajstić information content (AvgIpc) is 3.31. The van der Waals surface area contributed by atoms with Gasteiger partial charge in [0.2, 0.25) is 0 Å². The van der Waals surface area contributed by atoms with Crippen molar-refractivity contribution in [1.29, 1.82) is 0 Å². The molecule has 30 heavy (non-hydrogen) atoms. The maximum absolute atomic E-state index is 12.5. The van der Waals surface area contributed by atoms with Crippen LogP contribution >= 0.6 is 11.8 Å². The molecule has 0 saturated heterocycles. The molecule has 1 aromatic carbocycles. The van der Waals surface area contributed by atoms with Crippen molar-refractivity contribution >= 4 is 35.2 Å². The number of nitrogens with zero attached hydrogens (tertiary/aromatic N) is 1. The summed E-state index contributed by atoms with van der Waals surface area (Å²) in [7, 11) is 0. The number of rotatable bonds is 10. The van der Waals surface area contributed by atoms with Gasteiger partial charge in [-0.05, 0) is 68.7 Å². The highest BCUT2D eigenvalue weighted by Crippen LogP contribution is 2.14. The maximum Gasteiger partial charge on any atom is 0.287 e. The van der Waals surface area contributed by atoms with E-state index in [1.54, 1.807) is 30.0 Å². The molecular formula is C21H28N4O4S. The molecule has 0 aliphatic heterocycles. The summed E-state index contributed by atoms with van der Waals surface area (Å²) in [5, 5.41) is 2.64. The predicted molar refractivity (Wildman–Crippen MR) is 119 cm³/mol. The molecule has 1 aromatic heterocycles. The van der Waals surface area contributed by atoms with Gasteiger partial charge in [0.15, 0.2) is 5.76 Å². The number of thioether (sulfide) groups is 1. The van der Waals surface area contributed by atoms with E-state index in [9.17, 15) is 14.4 Å². The highest BCUT2D eigenvalue weighted by atomic mass is 32.2. The fourth-order valence-electron chi connectivity index (χ4n) is 2.83. The Hall–Kier alpha value is -2.94. The molecule has 0 saturated carbocycles. The molecular weight excluding hydrogens is 404 g/mol. The van der Waals surface area contributed by atoms with Crippen LogP contribution in [0.2, 0.25) is 0 Å². The predicted octanol–water partition coefficient (Wildman–Crippen LogP) is 2.44. The fraction of sp³-hybridized carbons (Fsp3) is 0.381. The summed E-state index contributed by atoms with van der Waals surface area (Å²) in [6.45, 7) is 5.88. The lowest BCUT2D eigenvalue weighted by Crippen LogP contribution is -2.52. The minimum atomic E-state index is -0.805. The van der Waals surface area contributed by atoms with Crippen LogP contribution in [0, 0.1) is 0 Å². The van der Waals surface area contributed by atoms with Gasteiger partial charge in [0, 0.05) is 24.3 Å². The second-order valence-electron chi connectivity index (χ2n) is 6.45. The minimum Gasteiger partial charge on any atom is -0.459 e. The normalized spacial score (nSPS) is 11.4. The molecule has 1 heterocycles. The van der Waals surface area contributed by atoms with E-state index in [0.29, 0.717) is 17.7 Å². The molecule has 0 bridgehead atoms. The molecule has 0 radical (unpaired) electrons. The number of hydrazine groups is 1. The van der Waals surface area contributed by atoms with Crippen molar-refractivity contribution < 1.29 is 18.8 Å². The number of amides is 3. The summed E-state index contributed by atoms with van der Waals surface area (Å²) >= 11 is 1.55. The Kier molecular flexibility index (Phi) is 9.27. The standard InChI is InChI=1S/C21H28N4O4S/c1-4-25(5-2)16-10-8-15(9-11-16)19(26)23-24-20(27)17(12-14-30-3)22-21(28)18-7-6-13-29-18/h6-11,13,17H,4-5,12,14H2,1-3H3,(H,22,28)(H,23,26)(H,24,27). The number of benzene rings is 1. The van der Waals surface area contributed by atoms with Crippen LogP contribution in [-0.2, 0) is 4.79 Å². The zero-order chi connectivity index (χ0) is 21.9. The van der Waals surface area contributed by atoms with Gasteiger partial charge in [0.05, 0.1) is 6.26 Å². The highest BCUT2D eigenvalue weighted by molar-refractivity contribution is 7.98. The largest absolute Gasteiger partial charge is 0.459 e. The van der Waals surface area contributed by atoms with Gasteiger partial charge >= 0.3 is 0 Å². The lowest BCUT2D eigenvalue weighted by molar-refractivity contribution is -0.123. The van der Waals surface area contributed by atoms with Crippen LogP contribution in [0.1, 0.15) is 41.2 Å². The Labute approximate surface area is 180 Å². The van der Waals surface area contributed by atoms with E-state index in [-0.39, 0.29) is 5.76 Å². The number of furan rings is 1. The van der Waals surface area contributed by atoms with E-state index in [1.165, 1.54) is 12.3 Å². The Bertz CT molecular complexity index is 820. The van der Waals surface area contributed by atoms with Crippen molar-refractivity contribution in [3.05, 3.63) is 54.0 Å². The molecule has 0 fully saturated rings. The third kappa shape index (κ3) is 6.55. The lowest BCUT2D eigenvalue weighted by atomic mass is 10.2. The van der Waals surface area contributed by atoms with Gasteiger partial charge in [-0.2, -0.15) is 11.8 Å². The van der Waals surface area contributed by atoms with Gasteiger partial charge in [-0.15, -0.1) is 0 Å². The number of anilines is 1. The molecule has 1 atom stereocenters. The molecule has 3 amide bonds. The van der Waals surface area contributed by atoms with Crippen LogP contribution in [0.25, 0.3) is 0 Å². The molecule has 2 rings (SSSR count). The molecule has 0 spiro atoms. The summed E-state index contributed by atoms with van der Waals surface area (Å²) in [6, 6.07) is 9.46. The first-order chi connectivity index (χ1) is 14.5. The van der Waals surface area contributed by atoms with Gasteiger partial charge in [-0.3, -0.25) is 25.2 Å². The number of hydrogen-bond donors (Lipinski definition) is 3. The lowest BCUT2D eigenvalue weighted by Gasteiger charge is -2.21. The maximum atomic E-state index is 12.5. The topological polar surface area (TPSA) is 104 Å². The summed E-state index contributed by atoms with van der Waals surface area (Å²) < 4.78 is 5.06. The van der Waals surface area contributed by atoms with Crippen molar-refractivity contribution in [2.45, 2.75) is 26.3 Å². The first kappa shape index (κ1) is 23.3. The number of nitrogens with one attached hydrogen (secondary N) is 3. The third-order valence-corrected chi connectivity index (χ3v) is 5.18.